The maximum atomic E-state index is 12.3. The molecule has 1 unspecified atom stereocenters. The molecule has 3 rings (SSSR count). The minimum Gasteiger partial charge on any atom is -0.465 e. The Balaban J connectivity index is 1.57. The van der Waals surface area contributed by atoms with Gasteiger partial charge in [-0.1, -0.05) is 0 Å². The van der Waals surface area contributed by atoms with Gasteiger partial charge in [0.1, 0.15) is 5.69 Å². The molecular formula is C18H29N5O3. The molecule has 0 aromatic carbocycles. The van der Waals surface area contributed by atoms with Crippen LogP contribution >= 0.6 is 0 Å². The number of carbonyl (C=O) groups is 2. The molecule has 1 atom stereocenters. The van der Waals surface area contributed by atoms with Crippen LogP contribution in [0.25, 0.3) is 0 Å². The lowest BCUT2D eigenvalue weighted by molar-refractivity contribution is 0.0798. The van der Waals surface area contributed by atoms with Crippen LogP contribution in [0.15, 0.2) is 12.3 Å². The molecular weight excluding hydrogens is 334 g/mol. The van der Waals surface area contributed by atoms with E-state index in [2.05, 4.69) is 10.00 Å². The number of carbonyl (C=O) groups excluding carboxylic acids is 1. The SMILES string of the molecule is CN(C)C(=O)c1ccnn1C1CCN(C2CCCN(C(=O)O)CC2)CC1. The Hall–Kier alpha value is -2.09. The third kappa shape index (κ3) is 4.00. The lowest BCUT2D eigenvalue weighted by Crippen LogP contribution is -2.43. The van der Waals surface area contributed by atoms with E-state index in [1.54, 1.807) is 31.3 Å². The fourth-order valence-corrected chi connectivity index (χ4v) is 4.13. The molecule has 3 heterocycles. The molecule has 1 N–H and O–H groups in total. The molecule has 144 valence electrons. The second-order valence-electron chi connectivity index (χ2n) is 7.48. The third-order valence-corrected chi connectivity index (χ3v) is 5.63. The molecule has 0 saturated carbocycles. The maximum Gasteiger partial charge on any atom is 0.407 e. The summed E-state index contributed by atoms with van der Waals surface area (Å²) in [5, 5.41) is 13.6. The zero-order valence-corrected chi connectivity index (χ0v) is 15.7. The molecule has 2 saturated heterocycles. The second kappa shape index (κ2) is 8.07. The summed E-state index contributed by atoms with van der Waals surface area (Å²) in [6.07, 6.45) is 5.72. The standard InChI is InChI=1S/C18H29N5O3/c1-20(2)17(24)16-5-9-19-23(16)15-7-11-21(12-8-15)14-4-3-10-22(13-6-14)18(25)26/h5,9,14-15H,3-4,6-8,10-13H2,1-2H3,(H,25,26). The minimum atomic E-state index is -0.805. The van der Waals surface area contributed by atoms with Gasteiger partial charge >= 0.3 is 6.09 Å². The van der Waals surface area contributed by atoms with Gasteiger partial charge in [0.25, 0.3) is 5.91 Å². The van der Waals surface area contributed by atoms with Crippen LogP contribution in [0, 0.1) is 0 Å². The van der Waals surface area contributed by atoms with Crippen molar-refractivity contribution in [3.05, 3.63) is 18.0 Å². The number of hydrogen-bond acceptors (Lipinski definition) is 4. The van der Waals surface area contributed by atoms with Gasteiger partial charge in [0.15, 0.2) is 0 Å². The Bertz CT molecular complexity index is 637. The van der Waals surface area contributed by atoms with E-state index in [9.17, 15) is 14.7 Å². The van der Waals surface area contributed by atoms with Gasteiger partial charge in [0.2, 0.25) is 0 Å². The van der Waals surface area contributed by atoms with Crippen LogP contribution in [0.4, 0.5) is 4.79 Å². The number of rotatable bonds is 3. The molecule has 2 fully saturated rings. The summed E-state index contributed by atoms with van der Waals surface area (Å²) in [4.78, 5) is 29.1. The van der Waals surface area contributed by atoms with E-state index in [0.29, 0.717) is 24.8 Å². The molecule has 0 radical (unpaired) electrons. The van der Waals surface area contributed by atoms with Gasteiger partial charge in [-0.05, 0) is 38.2 Å². The summed E-state index contributed by atoms with van der Waals surface area (Å²) >= 11 is 0. The Kier molecular flexibility index (Phi) is 5.80. The zero-order chi connectivity index (χ0) is 18.7. The highest BCUT2D eigenvalue weighted by molar-refractivity contribution is 5.92. The van der Waals surface area contributed by atoms with Crippen molar-refractivity contribution in [2.45, 2.75) is 44.2 Å². The highest BCUT2D eigenvalue weighted by Crippen LogP contribution is 2.27. The minimum absolute atomic E-state index is 0.0116. The zero-order valence-electron chi connectivity index (χ0n) is 15.7. The summed E-state index contributed by atoms with van der Waals surface area (Å²) < 4.78 is 1.89. The van der Waals surface area contributed by atoms with Gasteiger partial charge < -0.3 is 19.8 Å². The van der Waals surface area contributed by atoms with Crippen molar-refractivity contribution >= 4 is 12.0 Å². The third-order valence-electron chi connectivity index (χ3n) is 5.63. The Labute approximate surface area is 154 Å². The molecule has 8 heteroatoms. The highest BCUT2D eigenvalue weighted by atomic mass is 16.4. The van der Waals surface area contributed by atoms with E-state index in [4.69, 9.17) is 0 Å². The van der Waals surface area contributed by atoms with Crippen LogP contribution in [0.3, 0.4) is 0 Å². The average molecular weight is 363 g/mol. The lowest BCUT2D eigenvalue weighted by Gasteiger charge is -2.37. The predicted octanol–water partition coefficient (Wildman–Crippen LogP) is 1.75. The van der Waals surface area contributed by atoms with Gasteiger partial charge in [-0.2, -0.15) is 5.10 Å². The van der Waals surface area contributed by atoms with Gasteiger partial charge in [0, 0.05) is 52.5 Å². The number of likely N-dealkylation sites (tertiary alicyclic amines) is 2. The van der Waals surface area contributed by atoms with Gasteiger partial charge in [-0.15, -0.1) is 0 Å². The molecule has 2 amide bonds. The first-order valence-corrected chi connectivity index (χ1v) is 9.44. The summed E-state index contributed by atoms with van der Waals surface area (Å²) in [6, 6.07) is 2.50. The van der Waals surface area contributed by atoms with E-state index >= 15 is 0 Å². The van der Waals surface area contributed by atoms with Crippen LogP contribution in [0.2, 0.25) is 0 Å². The normalized spacial score (nSPS) is 22.8. The van der Waals surface area contributed by atoms with Crippen molar-refractivity contribution in [2.75, 3.05) is 40.3 Å². The topological polar surface area (TPSA) is 81.9 Å². The Morgan fingerprint density at radius 1 is 1.08 bits per heavy atom. The van der Waals surface area contributed by atoms with Crippen LogP contribution in [0.5, 0.6) is 0 Å². The second-order valence-corrected chi connectivity index (χ2v) is 7.48. The number of nitrogens with zero attached hydrogens (tertiary/aromatic N) is 5. The number of aromatic nitrogens is 2. The first-order valence-electron chi connectivity index (χ1n) is 9.44. The largest absolute Gasteiger partial charge is 0.465 e. The van der Waals surface area contributed by atoms with E-state index < -0.39 is 6.09 Å². The molecule has 0 bridgehead atoms. The van der Waals surface area contributed by atoms with Gasteiger partial charge in [-0.3, -0.25) is 9.48 Å². The highest BCUT2D eigenvalue weighted by Gasteiger charge is 2.30. The quantitative estimate of drug-likeness (QED) is 0.885. The molecule has 8 nitrogen and oxygen atoms in total. The summed E-state index contributed by atoms with van der Waals surface area (Å²) in [7, 11) is 3.52. The van der Waals surface area contributed by atoms with Gasteiger partial charge in [0.05, 0.1) is 6.04 Å². The first kappa shape index (κ1) is 18.7. The Morgan fingerprint density at radius 2 is 1.77 bits per heavy atom. The Morgan fingerprint density at radius 3 is 2.42 bits per heavy atom. The molecule has 0 aliphatic carbocycles. The average Bonchev–Trinajstić information content (AvgIpc) is 2.97. The number of piperidine rings is 1. The smallest absolute Gasteiger partial charge is 0.407 e. The van der Waals surface area contributed by atoms with Crippen LogP contribution in [0.1, 0.15) is 48.6 Å². The van der Waals surface area contributed by atoms with E-state index in [-0.39, 0.29) is 11.9 Å². The molecule has 26 heavy (non-hydrogen) atoms. The van der Waals surface area contributed by atoms with Crippen molar-refractivity contribution in [1.82, 2.24) is 24.5 Å². The predicted molar refractivity (Wildman–Crippen MR) is 97.3 cm³/mol. The fraction of sp³-hybridized carbons (Fsp3) is 0.722. The van der Waals surface area contributed by atoms with Crippen LogP contribution < -0.4 is 0 Å². The van der Waals surface area contributed by atoms with Crippen molar-refractivity contribution < 1.29 is 14.7 Å². The van der Waals surface area contributed by atoms with E-state index in [1.165, 1.54) is 4.90 Å². The molecule has 0 spiro atoms. The molecule has 2 aliphatic heterocycles. The van der Waals surface area contributed by atoms with Crippen molar-refractivity contribution in [2.24, 2.45) is 0 Å². The molecule has 1 aromatic heterocycles. The molecule has 1 aromatic rings. The number of amides is 2. The maximum absolute atomic E-state index is 12.3. The fourth-order valence-electron chi connectivity index (χ4n) is 4.13. The lowest BCUT2D eigenvalue weighted by atomic mass is 10.00. The molecule has 2 aliphatic rings. The van der Waals surface area contributed by atoms with Crippen molar-refractivity contribution in [3.8, 4) is 0 Å². The first-order chi connectivity index (χ1) is 12.5. The van der Waals surface area contributed by atoms with Crippen molar-refractivity contribution in [1.29, 1.82) is 0 Å². The van der Waals surface area contributed by atoms with Crippen LogP contribution in [-0.4, -0.2) is 87.9 Å². The monoisotopic (exact) mass is 363 g/mol. The number of hydrogen-bond donors (Lipinski definition) is 1. The van der Waals surface area contributed by atoms with E-state index in [1.807, 2.05) is 4.68 Å². The number of carboxylic acid groups (broad SMARTS) is 1. The van der Waals surface area contributed by atoms with Crippen molar-refractivity contribution in [3.63, 3.8) is 0 Å². The van der Waals surface area contributed by atoms with Crippen LogP contribution in [-0.2, 0) is 0 Å². The summed E-state index contributed by atoms with van der Waals surface area (Å²) in [6.45, 7) is 3.21. The summed E-state index contributed by atoms with van der Waals surface area (Å²) in [5.41, 5.74) is 0.653. The van der Waals surface area contributed by atoms with Gasteiger partial charge in [-0.25, -0.2) is 4.79 Å². The van der Waals surface area contributed by atoms with E-state index in [0.717, 1.165) is 45.2 Å². The summed E-state index contributed by atoms with van der Waals surface area (Å²) in [5.74, 6) is -0.0116.